The minimum atomic E-state index is -3.67. The van der Waals surface area contributed by atoms with E-state index in [1.54, 1.807) is 6.92 Å². The van der Waals surface area contributed by atoms with E-state index in [0.717, 1.165) is 5.56 Å². The van der Waals surface area contributed by atoms with Crippen LogP contribution in [-0.2, 0) is 21.2 Å². The van der Waals surface area contributed by atoms with Crippen molar-refractivity contribution < 1.29 is 22.4 Å². The molecule has 0 heterocycles. The molecule has 35 heavy (non-hydrogen) atoms. The number of hydrogen-bond acceptors (Lipinski definition) is 4. The van der Waals surface area contributed by atoms with Crippen molar-refractivity contribution in [1.29, 1.82) is 0 Å². The summed E-state index contributed by atoms with van der Waals surface area (Å²) in [5, 5.41) is 5.44. The van der Waals surface area contributed by atoms with Crippen LogP contribution in [0.15, 0.2) is 83.8 Å². The molecule has 3 N–H and O–H groups in total. The Morgan fingerprint density at radius 1 is 0.914 bits per heavy atom. The molecule has 0 saturated heterocycles. The summed E-state index contributed by atoms with van der Waals surface area (Å²) < 4.78 is 40.7. The third kappa shape index (κ3) is 7.46. The Kier molecular flexibility index (Phi) is 8.73. The molecule has 0 bridgehead atoms. The van der Waals surface area contributed by atoms with Gasteiger partial charge in [0.15, 0.2) is 0 Å². The van der Waals surface area contributed by atoms with Crippen molar-refractivity contribution in [2.75, 3.05) is 5.32 Å². The highest BCUT2D eigenvalue weighted by Gasteiger charge is 2.23. The number of amides is 2. The fraction of sp³-hybridized carbons (Fsp3) is 0.231. The lowest BCUT2D eigenvalue weighted by Gasteiger charge is -2.19. The maximum Gasteiger partial charge on any atom is 0.251 e. The molecule has 0 aromatic heterocycles. The van der Waals surface area contributed by atoms with E-state index in [0.29, 0.717) is 12.1 Å². The number of benzene rings is 3. The monoisotopic (exact) mass is 497 g/mol. The topological polar surface area (TPSA) is 104 Å². The molecule has 3 aromatic carbocycles. The van der Waals surface area contributed by atoms with Crippen LogP contribution in [0.2, 0.25) is 0 Å². The molecule has 0 fully saturated rings. The number of nitrogens with one attached hydrogen (secondary N) is 3. The van der Waals surface area contributed by atoms with Gasteiger partial charge >= 0.3 is 0 Å². The Labute approximate surface area is 204 Å². The molecule has 0 spiro atoms. The number of sulfonamides is 1. The summed E-state index contributed by atoms with van der Waals surface area (Å²) in [4.78, 5) is 25.9. The van der Waals surface area contributed by atoms with Crippen molar-refractivity contribution in [2.45, 2.75) is 43.7 Å². The summed E-state index contributed by atoms with van der Waals surface area (Å²) in [6.45, 7) is 3.66. The van der Waals surface area contributed by atoms with Crippen LogP contribution in [0.5, 0.6) is 0 Å². The molecule has 184 valence electrons. The van der Waals surface area contributed by atoms with Crippen molar-refractivity contribution in [2.24, 2.45) is 0 Å². The van der Waals surface area contributed by atoms with Crippen LogP contribution in [-0.4, -0.2) is 32.3 Å². The molecule has 1 unspecified atom stereocenters. The standard InChI is InChI=1S/C26H28FN3O4S/c1-3-18(2)30-35(33,34)23-15-13-22(14-16-23)28-26(32)24(17-19-7-5-4-6-8-19)29-25(31)20-9-11-21(27)12-10-20/h4-16,18,24,30H,3,17H2,1-2H3,(H,28,32)(H,29,31)/t18-,24?/m0/s1. The predicted octanol–water partition coefficient (Wildman–Crippen LogP) is 3.88. The van der Waals surface area contributed by atoms with Crippen LogP contribution in [0, 0.1) is 5.82 Å². The van der Waals surface area contributed by atoms with E-state index in [1.165, 1.54) is 48.5 Å². The van der Waals surface area contributed by atoms with Gasteiger partial charge in [0.2, 0.25) is 15.9 Å². The number of carbonyl (C=O) groups is 2. The Bertz CT molecular complexity index is 1250. The molecular weight excluding hydrogens is 469 g/mol. The van der Waals surface area contributed by atoms with Crippen molar-refractivity contribution in [1.82, 2.24) is 10.0 Å². The van der Waals surface area contributed by atoms with Crippen LogP contribution >= 0.6 is 0 Å². The molecule has 3 rings (SSSR count). The van der Waals surface area contributed by atoms with E-state index >= 15 is 0 Å². The van der Waals surface area contributed by atoms with E-state index in [2.05, 4.69) is 15.4 Å². The number of hydrogen-bond donors (Lipinski definition) is 3. The molecule has 0 radical (unpaired) electrons. The average molecular weight is 498 g/mol. The van der Waals surface area contributed by atoms with E-state index in [-0.39, 0.29) is 22.9 Å². The first kappa shape index (κ1) is 26.1. The summed E-state index contributed by atoms with van der Waals surface area (Å²) in [5.74, 6) is -1.46. The zero-order valence-electron chi connectivity index (χ0n) is 19.5. The summed E-state index contributed by atoms with van der Waals surface area (Å²) in [7, 11) is -3.67. The highest BCUT2D eigenvalue weighted by atomic mass is 32.2. The molecular formula is C26H28FN3O4S. The first-order valence-electron chi connectivity index (χ1n) is 11.2. The van der Waals surface area contributed by atoms with Crippen LogP contribution in [0.3, 0.4) is 0 Å². The Morgan fingerprint density at radius 2 is 1.54 bits per heavy atom. The number of carbonyl (C=O) groups excluding carboxylic acids is 2. The summed E-state index contributed by atoms with van der Waals surface area (Å²) >= 11 is 0. The minimum absolute atomic E-state index is 0.0845. The van der Waals surface area contributed by atoms with Gasteiger partial charge in [-0.25, -0.2) is 17.5 Å². The van der Waals surface area contributed by atoms with Gasteiger partial charge in [0.1, 0.15) is 11.9 Å². The van der Waals surface area contributed by atoms with Gasteiger partial charge in [-0.05, 0) is 67.4 Å². The quantitative estimate of drug-likeness (QED) is 0.395. The minimum Gasteiger partial charge on any atom is -0.340 e. The lowest BCUT2D eigenvalue weighted by Crippen LogP contribution is -2.45. The van der Waals surface area contributed by atoms with Crippen molar-refractivity contribution in [3.63, 3.8) is 0 Å². The second-order valence-corrected chi connectivity index (χ2v) is 9.88. The van der Waals surface area contributed by atoms with Crippen LogP contribution in [0.1, 0.15) is 36.2 Å². The Hall–Kier alpha value is -3.56. The van der Waals surface area contributed by atoms with Gasteiger partial charge in [-0.2, -0.15) is 0 Å². The highest BCUT2D eigenvalue weighted by Crippen LogP contribution is 2.16. The fourth-order valence-corrected chi connectivity index (χ4v) is 4.59. The van der Waals surface area contributed by atoms with Crippen molar-refractivity contribution >= 4 is 27.5 Å². The zero-order valence-corrected chi connectivity index (χ0v) is 20.3. The summed E-state index contributed by atoms with van der Waals surface area (Å²) in [6.07, 6.45) is 0.880. The molecule has 0 aliphatic heterocycles. The number of anilines is 1. The Balaban J connectivity index is 1.75. The molecule has 0 aliphatic carbocycles. The average Bonchev–Trinajstić information content (AvgIpc) is 2.84. The van der Waals surface area contributed by atoms with Crippen LogP contribution in [0.4, 0.5) is 10.1 Å². The van der Waals surface area contributed by atoms with Crippen LogP contribution < -0.4 is 15.4 Å². The van der Waals surface area contributed by atoms with Crippen LogP contribution in [0.25, 0.3) is 0 Å². The maximum absolute atomic E-state index is 13.2. The zero-order chi connectivity index (χ0) is 25.4. The summed E-state index contributed by atoms with van der Waals surface area (Å²) in [5.41, 5.74) is 1.44. The van der Waals surface area contributed by atoms with Gasteiger partial charge in [0, 0.05) is 23.7 Å². The SMILES string of the molecule is CC[C@H](C)NS(=O)(=O)c1ccc(NC(=O)C(Cc2ccccc2)NC(=O)c2ccc(F)cc2)cc1. The molecule has 0 saturated carbocycles. The molecule has 2 atom stereocenters. The third-order valence-electron chi connectivity index (χ3n) is 5.41. The Morgan fingerprint density at radius 3 is 2.14 bits per heavy atom. The first-order chi connectivity index (χ1) is 16.7. The van der Waals surface area contributed by atoms with Gasteiger partial charge in [-0.3, -0.25) is 9.59 Å². The van der Waals surface area contributed by atoms with Gasteiger partial charge < -0.3 is 10.6 Å². The largest absolute Gasteiger partial charge is 0.340 e. The number of rotatable bonds is 10. The van der Waals surface area contributed by atoms with E-state index in [4.69, 9.17) is 0 Å². The van der Waals surface area contributed by atoms with E-state index in [1.807, 2.05) is 37.3 Å². The van der Waals surface area contributed by atoms with Gasteiger partial charge in [0.25, 0.3) is 5.91 Å². The van der Waals surface area contributed by atoms with E-state index in [9.17, 15) is 22.4 Å². The second-order valence-electron chi connectivity index (χ2n) is 8.17. The normalized spacial score (nSPS) is 13.0. The van der Waals surface area contributed by atoms with E-state index < -0.39 is 33.7 Å². The van der Waals surface area contributed by atoms with Gasteiger partial charge in [-0.1, -0.05) is 37.3 Å². The van der Waals surface area contributed by atoms with Crippen molar-refractivity contribution in [3.05, 3.63) is 95.8 Å². The summed E-state index contributed by atoms with van der Waals surface area (Å²) in [6, 6.07) is 18.9. The highest BCUT2D eigenvalue weighted by molar-refractivity contribution is 7.89. The maximum atomic E-state index is 13.2. The van der Waals surface area contributed by atoms with Gasteiger partial charge in [0.05, 0.1) is 4.90 Å². The van der Waals surface area contributed by atoms with Gasteiger partial charge in [-0.15, -0.1) is 0 Å². The lowest BCUT2D eigenvalue weighted by atomic mass is 10.0. The smallest absolute Gasteiger partial charge is 0.251 e. The number of halogens is 1. The fourth-order valence-electron chi connectivity index (χ4n) is 3.26. The molecule has 9 heteroatoms. The molecule has 3 aromatic rings. The third-order valence-corrected chi connectivity index (χ3v) is 7.02. The van der Waals surface area contributed by atoms with Crippen molar-refractivity contribution in [3.8, 4) is 0 Å². The second kappa shape index (κ2) is 11.7. The predicted molar refractivity (Wildman–Crippen MR) is 133 cm³/mol. The lowest BCUT2D eigenvalue weighted by molar-refractivity contribution is -0.118. The molecule has 2 amide bonds. The molecule has 0 aliphatic rings. The molecule has 7 nitrogen and oxygen atoms in total. The first-order valence-corrected chi connectivity index (χ1v) is 12.7.